The van der Waals surface area contributed by atoms with E-state index in [2.05, 4.69) is 4.99 Å². The Hall–Kier alpha value is -2.57. The molecule has 0 aromatic heterocycles. The Labute approximate surface area is 145 Å². The van der Waals surface area contributed by atoms with E-state index >= 15 is 0 Å². The molecule has 0 fully saturated rings. The first kappa shape index (κ1) is 17.3. The lowest BCUT2D eigenvalue weighted by molar-refractivity contribution is -0.127. The van der Waals surface area contributed by atoms with Crippen LogP contribution < -0.4 is 0 Å². The van der Waals surface area contributed by atoms with Gasteiger partial charge in [0.1, 0.15) is 17.8 Å². The van der Waals surface area contributed by atoms with Crippen LogP contribution in [0.3, 0.4) is 0 Å². The molecule has 6 heteroatoms. The Kier molecular flexibility index (Phi) is 5.21. The fourth-order valence-electron chi connectivity index (χ4n) is 2.84. The first-order chi connectivity index (χ1) is 12.1. The Morgan fingerprint density at radius 3 is 2.56 bits per heavy atom. The van der Waals surface area contributed by atoms with E-state index in [4.69, 9.17) is 4.74 Å². The van der Waals surface area contributed by atoms with E-state index < -0.39 is 18.1 Å². The first-order valence-corrected chi connectivity index (χ1v) is 7.96. The van der Waals surface area contributed by atoms with Crippen LogP contribution in [0.15, 0.2) is 59.6 Å². The van der Waals surface area contributed by atoms with Crippen molar-refractivity contribution in [3.05, 3.63) is 71.5 Å². The van der Waals surface area contributed by atoms with Crippen LogP contribution in [0.5, 0.6) is 0 Å². The molecule has 5 nitrogen and oxygen atoms in total. The van der Waals surface area contributed by atoms with Crippen molar-refractivity contribution in [2.24, 2.45) is 4.99 Å². The van der Waals surface area contributed by atoms with Crippen LogP contribution in [-0.4, -0.2) is 41.5 Å². The van der Waals surface area contributed by atoms with Crippen LogP contribution in [0.4, 0.5) is 4.39 Å². The lowest BCUT2D eigenvalue weighted by Gasteiger charge is -2.34. The molecular weight excluding hydrogens is 323 g/mol. The molecule has 25 heavy (non-hydrogen) atoms. The summed E-state index contributed by atoms with van der Waals surface area (Å²) in [6.45, 7) is 0.498. The minimum absolute atomic E-state index is 0.113. The smallest absolute Gasteiger partial charge is 0.278 e. The number of hydrogen-bond acceptors (Lipinski definition) is 4. The third-order valence-corrected chi connectivity index (χ3v) is 4.09. The molecule has 2 unspecified atom stereocenters. The van der Waals surface area contributed by atoms with Gasteiger partial charge in [0, 0.05) is 13.7 Å². The van der Waals surface area contributed by atoms with Gasteiger partial charge in [-0.05, 0) is 23.3 Å². The van der Waals surface area contributed by atoms with Gasteiger partial charge < -0.3 is 14.7 Å². The molecule has 0 saturated carbocycles. The molecule has 0 aliphatic carbocycles. The standard InChI is InChI=1S/C19H19FN2O3/c1-25-17(14-5-3-2-4-6-14)18-21-19(24)16(23)12-22(18)11-13-7-9-15(20)10-8-13/h2-10,16-17,23H,11-12H2,1H3. The Balaban J connectivity index is 1.92. The SMILES string of the molecule is COC(C1=NC(=O)C(O)CN1Cc1ccc(F)cc1)c1ccccc1. The molecule has 1 aliphatic heterocycles. The van der Waals surface area contributed by atoms with Crippen LogP contribution in [0.2, 0.25) is 0 Å². The number of halogens is 1. The van der Waals surface area contributed by atoms with Crippen molar-refractivity contribution in [1.29, 1.82) is 0 Å². The van der Waals surface area contributed by atoms with Gasteiger partial charge in [-0.25, -0.2) is 4.39 Å². The van der Waals surface area contributed by atoms with Crippen molar-refractivity contribution >= 4 is 11.7 Å². The van der Waals surface area contributed by atoms with E-state index in [-0.39, 0.29) is 12.4 Å². The molecule has 0 spiro atoms. The maximum absolute atomic E-state index is 13.1. The molecule has 2 aromatic carbocycles. The number of aliphatic hydroxyl groups is 1. The van der Waals surface area contributed by atoms with Crippen molar-refractivity contribution in [1.82, 2.24) is 4.90 Å². The zero-order valence-corrected chi connectivity index (χ0v) is 13.8. The molecule has 0 bridgehead atoms. The number of amides is 1. The summed E-state index contributed by atoms with van der Waals surface area (Å²) >= 11 is 0. The summed E-state index contributed by atoms with van der Waals surface area (Å²) in [4.78, 5) is 17.8. The second-order valence-electron chi connectivity index (χ2n) is 5.86. The van der Waals surface area contributed by atoms with E-state index in [0.29, 0.717) is 12.4 Å². The van der Waals surface area contributed by atoms with Crippen molar-refractivity contribution in [3.8, 4) is 0 Å². The highest BCUT2D eigenvalue weighted by atomic mass is 19.1. The van der Waals surface area contributed by atoms with Crippen LogP contribution >= 0.6 is 0 Å². The molecule has 2 atom stereocenters. The highest BCUT2D eigenvalue weighted by Gasteiger charge is 2.33. The lowest BCUT2D eigenvalue weighted by Crippen LogP contribution is -2.47. The number of aliphatic imine (C=N–C) groups is 1. The van der Waals surface area contributed by atoms with Crippen molar-refractivity contribution in [2.45, 2.75) is 18.8 Å². The largest absolute Gasteiger partial charge is 0.381 e. The maximum atomic E-state index is 13.1. The number of amidine groups is 1. The van der Waals surface area contributed by atoms with Crippen LogP contribution in [-0.2, 0) is 16.1 Å². The molecule has 0 radical (unpaired) electrons. The lowest BCUT2D eigenvalue weighted by atomic mass is 10.0. The van der Waals surface area contributed by atoms with E-state index in [0.717, 1.165) is 11.1 Å². The fraction of sp³-hybridized carbons (Fsp3) is 0.263. The third kappa shape index (κ3) is 3.92. The summed E-state index contributed by atoms with van der Waals surface area (Å²) in [6, 6.07) is 15.5. The van der Waals surface area contributed by atoms with Gasteiger partial charge in [-0.2, -0.15) is 4.99 Å². The summed E-state index contributed by atoms with van der Waals surface area (Å²) in [7, 11) is 1.55. The van der Waals surface area contributed by atoms with Gasteiger partial charge in [0.15, 0.2) is 6.10 Å². The van der Waals surface area contributed by atoms with Crippen molar-refractivity contribution in [3.63, 3.8) is 0 Å². The number of benzene rings is 2. The van der Waals surface area contributed by atoms with E-state index in [1.54, 1.807) is 24.1 Å². The number of nitrogens with zero attached hydrogens (tertiary/aromatic N) is 2. The minimum atomic E-state index is -1.18. The molecule has 1 heterocycles. The number of carbonyl (C=O) groups excluding carboxylic acids is 1. The number of β-amino-alcohol motifs (C(OH)–C–C–N with tert-alkyl or cyclic N) is 1. The molecular formula is C19H19FN2O3. The summed E-state index contributed by atoms with van der Waals surface area (Å²) in [5, 5.41) is 9.91. The van der Waals surface area contributed by atoms with Crippen molar-refractivity contribution < 1.29 is 19.0 Å². The fourth-order valence-corrected chi connectivity index (χ4v) is 2.84. The van der Waals surface area contributed by atoms with Gasteiger partial charge in [0.2, 0.25) is 0 Å². The monoisotopic (exact) mass is 342 g/mol. The molecule has 1 amide bonds. The number of rotatable bonds is 5. The third-order valence-electron chi connectivity index (χ3n) is 4.09. The second-order valence-corrected chi connectivity index (χ2v) is 5.86. The first-order valence-electron chi connectivity index (χ1n) is 7.96. The molecule has 2 aromatic rings. The highest BCUT2D eigenvalue weighted by Crippen LogP contribution is 2.24. The quantitative estimate of drug-likeness (QED) is 0.906. The molecule has 1 aliphatic rings. The maximum Gasteiger partial charge on any atom is 0.278 e. The normalized spacial score (nSPS) is 18.8. The predicted octanol–water partition coefficient (Wildman–Crippen LogP) is 2.31. The number of carbonyl (C=O) groups is 1. The average molecular weight is 342 g/mol. The summed E-state index contributed by atoms with van der Waals surface area (Å²) < 4.78 is 18.7. The van der Waals surface area contributed by atoms with E-state index in [1.165, 1.54) is 12.1 Å². The minimum Gasteiger partial charge on any atom is -0.381 e. The van der Waals surface area contributed by atoms with Gasteiger partial charge >= 0.3 is 0 Å². The summed E-state index contributed by atoms with van der Waals surface area (Å²) in [5.41, 5.74) is 1.70. The molecule has 130 valence electrons. The Bertz CT molecular complexity index is 762. The van der Waals surface area contributed by atoms with E-state index in [9.17, 15) is 14.3 Å². The Morgan fingerprint density at radius 1 is 1.24 bits per heavy atom. The Morgan fingerprint density at radius 2 is 1.92 bits per heavy atom. The van der Waals surface area contributed by atoms with E-state index in [1.807, 2.05) is 30.3 Å². The summed E-state index contributed by atoms with van der Waals surface area (Å²) in [6.07, 6.45) is -1.71. The summed E-state index contributed by atoms with van der Waals surface area (Å²) in [5.74, 6) is -0.456. The van der Waals surface area contributed by atoms with Crippen LogP contribution in [0.25, 0.3) is 0 Å². The molecule has 1 N–H and O–H groups in total. The predicted molar refractivity (Wildman–Crippen MR) is 91.5 cm³/mol. The van der Waals surface area contributed by atoms with Gasteiger partial charge in [0.25, 0.3) is 5.91 Å². The molecule has 3 rings (SSSR count). The topological polar surface area (TPSA) is 62.1 Å². The van der Waals surface area contributed by atoms with Gasteiger partial charge in [-0.3, -0.25) is 4.79 Å². The van der Waals surface area contributed by atoms with Crippen molar-refractivity contribution in [2.75, 3.05) is 13.7 Å². The van der Waals surface area contributed by atoms with Gasteiger partial charge in [-0.1, -0.05) is 42.5 Å². The zero-order chi connectivity index (χ0) is 17.8. The number of methoxy groups -OCH3 is 1. The van der Waals surface area contributed by atoms with Crippen LogP contribution in [0, 0.1) is 5.82 Å². The number of ether oxygens (including phenoxy) is 1. The van der Waals surface area contributed by atoms with Gasteiger partial charge in [0.05, 0.1) is 6.54 Å². The average Bonchev–Trinajstić information content (AvgIpc) is 2.62. The van der Waals surface area contributed by atoms with Gasteiger partial charge in [-0.15, -0.1) is 0 Å². The highest BCUT2D eigenvalue weighted by molar-refractivity contribution is 6.01. The number of aliphatic hydroxyl groups excluding tert-OH is 1. The second kappa shape index (κ2) is 7.55. The number of hydrogen-bond donors (Lipinski definition) is 1. The zero-order valence-electron chi connectivity index (χ0n) is 13.8. The molecule has 0 saturated heterocycles. The van der Waals surface area contributed by atoms with Crippen LogP contribution in [0.1, 0.15) is 17.2 Å².